The third-order valence-electron chi connectivity index (χ3n) is 4.85. The highest BCUT2D eigenvalue weighted by Crippen LogP contribution is 2.41. The Morgan fingerprint density at radius 2 is 2.04 bits per heavy atom. The van der Waals surface area contributed by atoms with Crippen molar-refractivity contribution in [1.29, 1.82) is 0 Å². The fraction of sp³-hybridized carbons (Fsp3) is 0.409. The monoisotopic (exact) mass is 385 g/mol. The predicted molar refractivity (Wildman–Crippen MR) is 109 cm³/mol. The molecule has 1 aliphatic rings. The summed E-state index contributed by atoms with van der Waals surface area (Å²) in [6, 6.07) is 13.3. The van der Waals surface area contributed by atoms with Gasteiger partial charge in [-0.2, -0.15) is 0 Å². The molecule has 2 atom stereocenters. The van der Waals surface area contributed by atoms with Crippen LogP contribution in [0.25, 0.3) is 0 Å². The summed E-state index contributed by atoms with van der Waals surface area (Å²) in [4.78, 5) is 4.30. The molecule has 28 heavy (non-hydrogen) atoms. The van der Waals surface area contributed by atoms with Crippen LogP contribution in [0, 0.1) is 12.7 Å². The standard InChI is InChI=1S/C22H28FN3O2/c1-15-8-9-16(21(12-15)28-11-10-27-3)14-25-22(24-2)26-20-13-18(20)17-6-4-5-7-19(17)23/h4-9,12,18,20H,10-11,13-14H2,1-3H3,(H2,24,25,26). The Morgan fingerprint density at radius 3 is 2.79 bits per heavy atom. The lowest BCUT2D eigenvalue weighted by atomic mass is 10.1. The highest BCUT2D eigenvalue weighted by atomic mass is 19.1. The van der Waals surface area contributed by atoms with Crippen LogP contribution in [0.3, 0.4) is 0 Å². The molecule has 0 aromatic heterocycles. The average Bonchev–Trinajstić information content (AvgIpc) is 3.45. The molecule has 2 aromatic carbocycles. The molecule has 5 nitrogen and oxygen atoms in total. The topological polar surface area (TPSA) is 54.9 Å². The van der Waals surface area contributed by atoms with Crippen molar-refractivity contribution < 1.29 is 13.9 Å². The molecule has 2 aromatic rings. The van der Waals surface area contributed by atoms with Crippen LogP contribution in [0.1, 0.15) is 29.0 Å². The van der Waals surface area contributed by atoms with Crippen LogP contribution in [0.4, 0.5) is 4.39 Å². The molecule has 2 N–H and O–H groups in total. The molecule has 0 amide bonds. The molecule has 0 saturated heterocycles. The van der Waals surface area contributed by atoms with E-state index in [4.69, 9.17) is 9.47 Å². The fourth-order valence-corrected chi connectivity index (χ4v) is 3.20. The van der Waals surface area contributed by atoms with E-state index in [0.717, 1.165) is 28.9 Å². The van der Waals surface area contributed by atoms with E-state index in [-0.39, 0.29) is 17.8 Å². The Labute approximate surface area is 166 Å². The van der Waals surface area contributed by atoms with Gasteiger partial charge in [0.25, 0.3) is 0 Å². The summed E-state index contributed by atoms with van der Waals surface area (Å²) >= 11 is 0. The first-order valence-electron chi connectivity index (χ1n) is 9.55. The number of ether oxygens (including phenoxy) is 2. The zero-order chi connectivity index (χ0) is 19.9. The Balaban J connectivity index is 1.56. The van der Waals surface area contributed by atoms with Crippen molar-refractivity contribution in [2.45, 2.75) is 31.8 Å². The fourth-order valence-electron chi connectivity index (χ4n) is 3.20. The maximum absolute atomic E-state index is 14.0. The molecule has 2 unspecified atom stereocenters. The Morgan fingerprint density at radius 1 is 1.21 bits per heavy atom. The number of guanidine groups is 1. The van der Waals surface area contributed by atoms with Gasteiger partial charge in [-0.1, -0.05) is 30.3 Å². The van der Waals surface area contributed by atoms with Gasteiger partial charge in [0.2, 0.25) is 0 Å². The van der Waals surface area contributed by atoms with Gasteiger partial charge < -0.3 is 20.1 Å². The molecule has 6 heteroatoms. The van der Waals surface area contributed by atoms with Gasteiger partial charge in [-0.15, -0.1) is 0 Å². The Hall–Kier alpha value is -2.60. The van der Waals surface area contributed by atoms with Crippen molar-refractivity contribution in [3.05, 3.63) is 65.0 Å². The molecule has 150 valence electrons. The number of hydrogen-bond acceptors (Lipinski definition) is 3. The lowest BCUT2D eigenvalue weighted by Crippen LogP contribution is -2.38. The van der Waals surface area contributed by atoms with E-state index in [1.807, 2.05) is 25.1 Å². The molecular formula is C22H28FN3O2. The van der Waals surface area contributed by atoms with Crippen molar-refractivity contribution >= 4 is 5.96 Å². The first-order valence-corrected chi connectivity index (χ1v) is 9.55. The van der Waals surface area contributed by atoms with Crippen LogP contribution in [0.15, 0.2) is 47.5 Å². The number of aliphatic imine (C=N–C) groups is 1. The van der Waals surface area contributed by atoms with Gasteiger partial charge >= 0.3 is 0 Å². The van der Waals surface area contributed by atoms with Crippen LogP contribution in [-0.4, -0.2) is 39.4 Å². The van der Waals surface area contributed by atoms with Gasteiger partial charge in [0, 0.05) is 38.2 Å². The molecular weight excluding hydrogens is 357 g/mol. The number of methoxy groups -OCH3 is 1. The highest BCUT2D eigenvalue weighted by molar-refractivity contribution is 5.80. The molecule has 0 bridgehead atoms. The second kappa shape index (κ2) is 9.55. The maximum atomic E-state index is 14.0. The van der Waals surface area contributed by atoms with E-state index in [0.29, 0.717) is 25.7 Å². The summed E-state index contributed by atoms with van der Waals surface area (Å²) in [7, 11) is 3.39. The number of hydrogen-bond donors (Lipinski definition) is 2. The molecule has 0 radical (unpaired) electrons. The molecule has 1 saturated carbocycles. The second-order valence-corrected chi connectivity index (χ2v) is 6.99. The van der Waals surface area contributed by atoms with Gasteiger partial charge in [0.05, 0.1) is 6.61 Å². The molecule has 3 rings (SSSR count). The largest absolute Gasteiger partial charge is 0.491 e. The Kier molecular flexibility index (Phi) is 6.87. The number of rotatable bonds is 8. The molecule has 1 aliphatic carbocycles. The smallest absolute Gasteiger partial charge is 0.191 e. The molecule has 1 fully saturated rings. The van der Waals surface area contributed by atoms with Crippen LogP contribution >= 0.6 is 0 Å². The minimum Gasteiger partial charge on any atom is -0.491 e. The lowest BCUT2D eigenvalue weighted by molar-refractivity contribution is 0.145. The van der Waals surface area contributed by atoms with Crippen LogP contribution in [0.5, 0.6) is 5.75 Å². The van der Waals surface area contributed by atoms with Crippen molar-refractivity contribution in [2.75, 3.05) is 27.4 Å². The number of benzene rings is 2. The van der Waals surface area contributed by atoms with E-state index < -0.39 is 0 Å². The number of nitrogens with one attached hydrogen (secondary N) is 2. The van der Waals surface area contributed by atoms with Gasteiger partial charge in [0.1, 0.15) is 18.2 Å². The first-order chi connectivity index (χ1) is 13.6. The second-order valence-electron chi connectivity index (χ2n) is 6.99. The maximum Gasteiger partial charge on any atom is 0.191 e. The summed E-state index contributed by atoms with van der Waals surface area (Å²) in [5.41, 5.74) is 2.96. The highest BCUT2D eigenvalue weighted by Gasteiger charge is 2.40. The minimum atomic E-state index is -0.141. The molecule has 0 spiro atoms. The van der Waals surface area contributed by atoms with E-state index in [1.54, 1.807) is 20.2 Å². The van der Waals surface area contributed by atoms with Crippen molar-refractivity contribution in [2.24, 2.45) is 4.99 Å². The van der Waals surface area contributed by atoms with Crippen molar-refractivity contribution in [3.8, 4) is 5.75 Å². The Bertz CT molecular complexity index is 825. The lowest BCUT2D eigenvalue weighted by Gasteiger charge is -2.15. The summed E-state index contributed by atoms with van der Waals surface area (Å²) < 4.78 is 24.8. The van der Waals surface area contributed by atoms with Crippen LogP contribution in [0.2, 0.25) is 0 Å². The van der Waals surface area contributed by atoms with Gasteiger partial charge in [-0.05, 0) is 36.6 Å². The average molecular weight is 385 g/mol. The van der Waals surface area contributed by atoms with Crippen LogP contribution < -0.4 is 15.4 Å². The minimum absolute atomic E-state index is 0.141. The molecule has 0 heterocycles. The quantitative estimate of drug-likeness (QED) is 0.416. The third kappa shape index (κ3) is 5.23. The molecule has 0 aliphatic heterocycles. The normalized spacial score (nSPS) is 18.6. The summed E-state index contributed by atoms with van der Waals surface area (Å²) in [5, 5.41) is 6.71. The predicted octanol–water partition coefficient (Wildman–Crippen LogP) is 3.38. The third-order valence-corrected chi connectivity index (χ3v) is 4.85. The van der Waals surface area contributed by atoms with E-state index in [2.05, 4.69) is 27.8 Å². The van der Waals surface area contributed by atoms with E-state index in [1.165, 1.54) is 6.07 Å². The van der Waals surface area contributed by atoms with E-state index in [9.17, 15) is 4.39 Å². The summed E-state index contributed by atoms with van der Waals surface area (Å²) in [5.74, 6) is 1.59. The zero-order valence-electron chi connectivity index (χ0n) is 16.7. The summed E-state index contributed by atoms with van der Waals surface area (Å²) in [6.07, 6.45) is 0.900. The summed E-state index contributed by atoms with van der Waals surface area (Å²) in [6.45, 7) is 3.67. The zero-order valence-corrected chi connectivity index (χ0v) is 16.7. The number of aryl methyl sites for hydroxylation is 1. The van der Waals surface area contributed by atoms with Gasteiger partial charge in [-0.3, -0.25) is 4.99 Å². The number of nitrogens with zero attached hydrogens (tertiary/aromatic N) is 1. The SMILES string of the molecule is CN=C(NCc1ccc(C)cc1OCCOC)NC1CC1c1ccccc1F. The first kappa shape index (κ1) is 20.1. The van der Waals surface area contributed by atoms with Crippen molar-refractivity contribution in [3.63, 3.8) is 0 Å². The van der Waals surface area contributed by atoms with E-state index >= 15 is 0 Å². The van der Waals surface area contributed by atoms with Crippen LogP contribution in [-0.2, 0) is 11.3 Å². The van der Waals surface area contributed by atoms with Gasteiger partial charge in [0.15, 0.2) is 5.96 Å². The van der Waals surface area contributed by atoms with Crippen molar-refractivity contribution in [1.82, 2.24) is 10.6 Å². The van der Waals surface area contributed by atoms with Gasteiger partial charge in [-0.25, -0.2) is 4.39 Å². The number of halogens is 1.